The zero-order valence-corrected chi connectivity index (χ0v) is 51.3. The van der Waals surface area contributed by atoms with Crippen LogP contribution in [0.5, 0.6) is 11.5 Å². The van der Waals surface area contributed by atoms with Gasteiger partial charge < -0.3 is 34.1 Å². The summed E-state index contributed by atoms with van der Waals surface area (Å²) in [5.41, 5.74) is 9.29. The molecular weight excluding hydrogens is 1140 g/mol. The maximum absolute atomic E-state index is 12.8. The molecule has 4 aromatic carbocycles. The number of piperazine rings is 1. The van der Waals surface area contributed by atoms with Gasteiger partial charge in [-0.3, -0.25) is 19.6 Å². The Balaban J connectivity index is 0.513. The lowest BCUT2D eigenvalue weighted by molar-refractivity contribution is -0.121. The summed E-state index contributed by atoms with van der Waals surface area (Å²) in [5.74, 6) is 2.23. The van der Waals surface area contributed by atoms with Gasteiger partial charge in [0.1, 0.15) is 17.3 Å². The number of nitrogens with one attached hydrogen (secondary N) is 1. The standard InChI is InChI=1S/C69H79Cl4N5O6/c70-61-42-50(46-81-68(27-28-68)59-44-74-32-25-55(59)57-16-4-6-18-65(57)83-53-21-22-53)63(72)40-48(61)12-1-3-14-52(79)15-9-10-34-77-36-38-78(39-37-77)35-11-31-76-67(80)20-8-2-13-49-41-64(73)51(43-62(49)71)47-82-69(29-30-69)60-45-75-33-26-56(60)58-17-5-7-19-66(58)84-54-23-24-54/h4-7,16-19,25-26,32-33,40-45,53-54H,1-3,8-15,20-24,27-31,34-39,46-47H2,(H,76,80). The van der Waals surface area contributed by atoms with Crippen LogP contribution in [0.1, 0.15) is 149 Å². The fourth-order valence-corrected chi connectivity index (χ4v) is 12.7. The molecule has 4 saturated carbocycles. The predicted molar refractivity (Wildman–Crippen MR) is 335 cm³/mol. The second kappa shape index (κ2) is 28.6. The molecule has 0 unspecified atom stereocenters. The summed E-state index contributed by atoms with van der Waals surface area (Å²) in [6.45, 7) is 7.48. The number of carbonyl (C=O) groups is 2. The number of nitrogens with zero attached hydrogens (tertiary/aromatic N) is 4. The predicted octanol–water partition coefficient (Wildman–Crippen LogP) is 15.9. The molecule has 1 amide bonds. The fourth-order valence-electron chi connectivity index (χ4n) is 11.7. The molecule has 0 bridgehead atoms. The zero-order valence-electron chi connectivity index (χ0n) is 48.3. The van der Waals surface area contributed by atoms with E-state index in [4.69, 9.17) is 65.4 Å². The molecule has 15 heteroatoms. The first-order valence-electron chi connectivity index (χ1n) is 30.9. The highest BCUT2D eigenvalue weighted by molar-refractivity contribution is 6.34. The molecule has 444 valence electrons. The highest BCUT2D eigenvalue weighted by Crippen LogP contribution is 2.55. The van der Waals surface area contributed by atoms with E-state index >= 15 is 0 Å². The average molecular weight is 1220 g/mol. The Bertz CT molecular complexity index is 3010. The van der Waals surface area contributed by atoms with Gasteiger partial charge >= 0.3 is 0 Å². The lowest BCUT2D eigenvalue weighted by atomic mass is 9.96. The smallest absolute Gasteiger partial charge is 0.219 e. The molecule has 11 nitrogen and oxygen atoms in total. The van der Waals surface area contributed by atoms with Crippen LogP contribution >= 0.6 is 46.4 Å². The van der Waals surface area contributed by atoms with Crippen LogP contribution in [0.15, 0.2) is 110 Å². The fraction of sp³-hybridized carbons (Fsp3) is 0.478. The average Bonchev–Trinajstić information content (AvgIpc) is 3.84. The van der Waals surface area contributed by atoms with Crippen molar-refractivity contribution >= 4 is 58.1 Å². The minimum absolute atomic E-state index is 0.0923. The first kappa shape index (κ1) is 60.6. The molecule has 4 aliphatic carbocycles. The van der Waals surface area contributed by atoms with Crippen LogP contribution < -0.4 is 14.8 Å². The molecule has 3 heterocycles. The molecule has 0 radical (unpaired) electrons. The van der Waals surface area contributed by atoms with Crippen molar-refractivity contribution in [1.82, 2.24) is 25.1 Å². The normalized spacial score (nSPS) is 17.2. The van der Waals surface area contributed by atoms with Gasteiger partial charge in [-0.05, 0) is 204 Å². The van der Waals surface area contributed by atoms with E-state index in [0.717, 1.165) is 216 Å². The van der Waals surface area contributed by atoms with Crippen molar-refractivity contribution in [2.75, 3.05) is 45.8 Å². The SMILES string of the molecule is O=C(CCCCc1cc(Cl)c(COC2(c3cnccc3-c3ccccc3OC3CC3)CC2)cc1Cl)CCCCN1CCN(CCCNC(=O)CCCCc2cc(Cl)c(COC3(c4cnccc4-c4ccccc4OC4CC4)CC3)cc2Cl)CC1. The third kappa shape index (κ3) is 16.3. The maximum atomic E-state index is 12.8. The molecule has 1 aliphatic heterocycles. The molecule has 0 atom stereocenters. The van der Waals surface area contributed by atoms with Crippen LogP contribution in [-0.4, -0.2) is 89.5 Å². The minimum atomic E-state index is -0.436. The number of carbonyl (C=O) groups excluding carboxylic acids is 2. The molecule has 84 heavy (non-hydrogen) atoms. The highest BCUT2D eigenvalue weighted by Gasteiger charge is 2.49. The molecule has 6 aromatic rings. The number of benzene rings is 4. The van der Waals surface area contributed by atoms with E-state index in [1.807, 2.05) is 79.4 Å². The molecule has 1 saturated heterocycles. The van der Waals surface area contributed by atoms with E-state index in [-0.39, 0.29) is 5.91 Å². The molecule has 5 fully saturated rings. The Morgan fingerprint density at radius 3 is 1.42 bits per heavy atom. The largest absolute Gasteiger partial charge is 0.490 e. The van der Waals surface area contributed by atoms with Crippen molar-refractivity contribution < 1.29 is 28.5 Å². The molecule has 5 aliphatic rings. The summed E-state index contributed by atoms with van der Waals surface area (Å²) in [6, 6.07) is 28.4. The van der Waals surface area contributed by atoms with Gasteiger partial charge in [-0.1, -0.05) is 82.8 Å². The molecule has 0 spiro atoms. The topological polar surface area (TPSA) is 115 Å². The maximum Gasteiger partial charge on any atom is 0.219 e. The summed E-state index contributed by atoms with van der Waals surface area (Å²) in [6.07, 6.45) is 25.6. The number of rotatable bonds is 33. The Kier molecular flexibility index (Phi) is 20.6. The van der Waals surface area contributed by atoms with E-state index in [9.17, 15) is 9.59 Å². The van der Waals surface area contributed by atoms with Crippen molar-refractivity contribution in [2.45, 2.75) is 165 Å². The number of hydrogen-bond acceptors (Lipinski definition) is 10. The second-order valence-electron chi connectivity index (χ2n) is 23.9. The second-order valence-corrected chi connectivity index (χ2v) is 25.5. The number of para-hydroxylation sites is 2. The van der Waals surface area contributed by atoms with Gasteiger partial charge in [-0.15, -0.1) is 0 Å². The van der Waals surface area contributed by atoms with E-state index < -0.39 is 11.2 Å². The van der Waals surface area contributed by atoms with E-state index in [1.165, 1.54) is 0 Å². The van der Waals surface area contributed by atoms with Crippen molar-refractivity contribution in [3.05, 3.63) is 163 Å². The number of pyridine rings is 2. The van der Waals surface area contributed by atoms with Crippen LogP contribution in [-0.2, 0) is 56.3 Å². The van der Waals surface area contributed by atoms with Crippen LogP contribution in [0.25, 0.3) is 22.3 Å². The van der Waals surface area contributed by atoms with Gasteiger partial charge in [0.25, 0.3) is 0 Å². The van der Waals surface area contributed by atoms with Crippen molar-refractivity contribution in [1.29, 1.82) is 0 Å². The van der Waals surface area contributed by atoms with Gasteiger partial charge in [0, 0.05) is 119 Å². The molecule has 1 N–H and O–H groups in total. The van der Waals surface area contributed by atoms with E-state index in [0.29, 0.717) is 77.1 Å². The van der Waals surface area contributed by atoms with Gasteiger partial charge in [0.2, 0.25) is 5.91 Å². The van der Waals surface area contributed by atoms with Crippen LogP contribution in [0.4, 0.5) is 0 Å². The lowest BCUT2D eigenvalue weighted by Gasteiger charge is -2.34. The van der Waals surface area contributed by atoms with Gasteiger partial charge in [0.05, 0.1) is 36.6 Å². The third-order valence-electron chi connectivity index (χ3n) is 17.3. The number of aromatic nitrogens is 2. The number of ketones is 1. The number of unbranched alkanes of at least 4 members (excludes halogenated alkanes) is 3. The monoisotopic (exact) mass is 1210 g/mol. The first-order valence-corrected chi connectivity index (χ1v) is 32.4. The third-order valence-corrected chi connectivity index (χ3v) is 18.7. The lowest BCUT2D eigenvalue weighted by Crippen LogP contribution is -2.47. The summed E-state index contributed by atoms with van der Waals surface area (Å²) < 4.78 is 25.9. The Hall–Kier alpha value is -5.08. The van der Waals surface area contributed by atoms with E-state index in [2.05, 4.69) is 55.4 Å². The summed E-state index contributed by atoms with van der Waals surface area (Å²) >= 11 is 27.4. The number of Topliss-reactive ketones (excluding diaryl/α,β-unsaturated/α-hetero) is 1. The van der Waals surface area contributed by atoms with Crippen LogP contribution in [0, 0.1) is 0 Å². The highest BCUT2D eigenvalue weighted by atomic mass is 35.5. The molecule has 11 rings (SSSR count). The van der Waals surface area contributed by atoms with Crippen LogP contribution in [0.2, 0.25) is 20.1 Å². The van der Waals surface area contributed by atoms with Crippen LogP contribution in [0.3, 0.4) is 0 Å². The number of ether oxygens (including phenoxy) is 4. The molecule has 2 aromatic heterocycles. The van der Waals surface area contributed by atoms with Crippen molar-refractivity contribution in [3.63, 3.8) is 0 Å². The molecular formula is C69H79Cl4N5O6. The Morgan fingerprint density at radius 2 is 0.940 bits per heavy atom. The minimum Gasteiger partial charge on any atom is -0.490 e. The summed E-state index contributed by atoms with van der Waals surface area (Å²) in [5, 5.41) is 5.76. The van der Waals surface area contributed by atoms with Gasteiger partial charge in [-0.2, -0.15) is 0 Å². The number of hydrogen-bond donors (Lipinski definition) is 1. The summed E-state index contributed by atoms with van der Waals surface area (Å²) in [4.78, 5) is 39.6. The van der Waals surface area contributed by atoms with Crippen molar-refractivity contribution in [3.8, 4) is 33.8 Å². The quantitative estimate of drug-likeness (QED) is 0.0399. The summed E-state index contributed by atoms with van der Waals surface area (Å²) in [7, 11) is 0. The zero-order chi connectivity index (χ0) is 57.9. The van der Waals surface area contributed by atoms with Gasteiger partial charge in [-0.25, -0.2) is 0 Å². The number of aryl methyl sites for hydroxylation is 2. The van der Waals surface area contributed by atoms with Crippen molar-refractivity contribution in [2.24, 2.45) is 0 Å². The van der Waals surface area contributed by atoms with E-state index in [1.54, 1.807) is 0 Å². The number of amides is 1. The Labute approximate surface area is 516 Å². The Morgan fingerprint density at radius 1 is 0.512 bits per heavy atom. The number of halogens is 4. The first-order chi connectivity index (χ1) is 41.0. The van der Waals surface area contributed by atoms with Gasteiger partial charge in [0.15, 0.2) is 0 Å².